The van der Waals surface area contributed by atoms with Crippen LogP contribution in [0.4, 0.5) is 0 Å². The summed E-state index contributed by atoms with van der Waals surface area (Å²) in [6.45, 7) is 6.55. The second kappa shape index (κ2) is 9.96. The maximum Gasteiger partial charge on any atom is 0.309 e. The lowest BCUT2D eigenvalue weighted by Gasteiger charge is -2.33. The number of nitrogens with zero attached hydrogens (tertiary/aromatic N) is 2. The van der Waals surface area contributed by atoms with Gasteiger partial charge in [-0.15, -0.1) is 24.0 Å². The molecular formula is C20H28IN3O3. The van der Waals surface area contributed by atoms with Gasteiger partial charge in [0.2, 0.25) is 0 Å². The Hall–Kier alpha value is -1.77. The van der Waals surface area contributed by atoms with Gasteiger partial charge in [0, 0.05) is 31.1 Å². The molecule has 0 bridgehead atoms. The van der Waals surface area contributed by atoms with Crippen LogP contribution >= 0.6 is 24.0 Å². The molecule has 27 heavy (non-hydrogen) atoms. The molecule has 0 unspecified atom stereocenters. The van der Waals surface area contributed by atoms with E-state index in [4.69, 9.17) is 9.15 Å². The van der Waals surface area contributed by atoms with Crippen LogP contribution in [0.25, 0.3) is 11.0 Å². The van der Waals surface area contributed by atoms with Crippen LogP contribution in [0.2, 0.25) is 0 Å². The highest BCUT2D eigenvalue weighted by Crippen LogP contribution is 2.25. The number of rotatable bonds is 4. The molecule has 0 amide bonds. The molecule has 6 nitrogen and oxygen atoms in total. The first kappa shape index (κ1) is 21.5. The third kappa shape index (κ3) is 4.94. The number of piperidine rings is 1. The topological polar surface area (TPSA) is 67.1 Å². The van der Waals surface area contributed by atoms with Gasteiger partial charge in [-0.1, -0.05) is 18.2 Å². The largest absolute Gasteiger partial charge is 0.466 e. The third-order valence-electron chi connectivity index (χ3n) is 4.98. The average Bonchev–Trinajstić information content (AvgIpc) is 2.99. The second-order valence-electron chi connectivity index (χ2n) is 6.56. The standard InChI is InChI=1S/C20H27N3O3.HI/c1-4-25-19(24)15-9-11-23(12-10-15)20(21-3)22-13-18-14(2)16-7-5-6-8-17(16)26-18;/h5-8,15H,4,9-13H2,1-3H3,(H,21,22);1H. The van der Waals surface area contributed by atoms with Crippen LogP contribution in [0.1, 0.15) is 31.1 Å². The Morgan fingerprint density at radius 1 is 1.33 bits per heavy atom. The number of esters is 1. The Kier molecular flexibility index (Phi) is 7.94. The van der Waals surface area contributed by atoms with Gasteiger partial charge in [0.1, 0.15) is 11.3 Å². The van der Waals surface area contributed by atoms with Crippen molar-refractivity contribution in [1.29, 1.82) is 0 Å². The molecule has 1 saturated heterocycles. The summed E-state index contributed by atoms with van der Waals surface area (Å²) >= 11 is 0. The number of aliphatic imine (C=N–C) groups is 1. The maximum absolute atomic E-state index is 11.9. The van der Waals surface area contributed by atoms with Crippen LogP contribution in [0.5, 0.6) is 0 Å². The number of fused-ring (bicyclic) bond motifs is 1. The number of nitrogens with one attached hydrogen (secondary N) is 1. The van der Waals surface area contributed by atoms with Crippen LogP contribution in [0.3, 0.4) is 0 Å². The van der Waals surface area contributed by atoms with Crippen LogP contribution in [-0.2, 0) is 16.1 Å². The highest BCUT2D eigenvalue weighted by molar-refractivity contribution is 14.0. The molecule has 1 N–H and O–H groups in total. The average molecular weight is 485 g/mol. The predicted octanol–water partition coefficient (Wildman–Crippen LogP) is 3.71. The van der Waals surface area contributed by atoms with Crippen LogP contribution in [0, 0.1) is 12.8 Å². The zero-order valence-corrected chi connectivity index (χ0v) is 18.5. The van der Waals surface area contributed by atoms with Gasteiger partial charge < -0.3 is 19.4 Å². The summed E-state index contributed by atoms with van der Waals surface area (Å²) in [6, 6.07) is 8.07. The van der Waals surface area contributed by atoms with E-state index in [9.17, 15) is 4.79 Å². The highest BCUT2D eigenvalue weighted by Gasteiger charge is 2.27. The molecule has 0 radical (unpaired) electrons. The Morgan fingerprint density at radius 3 is 2.67 bits per heavy atom. The van der Waals surface area contributed by atoms with E-state index < -0.39 is 0 Å². The summed E-state index contributed by atoms with van der Waals surface area (Å²) in [7, 11) is 1.78. The molecule has 0 aliphatic carbocycles. The first-order valence-electron chi connectivity index (χ1n) is 9.23. The molecule has 0 saturated carbocycles. The van der Waals surface area contributed by atoms with Crippen molar-refractivity contribution in [3.05, 3.63) is 35.6 Å². The number of carbonyl (C=O) groups excluding carboxylic acids is 1. The number of halogens is 1. The number of para-hydroxylation sites is 1. The number of guanidine groups is 1. The summed E-state index contributed by atoms with van der Waals surface area (Å²) in [5, 5.41) is 4.54. The van der Waals surface area contributed by atoms with Crippen molar-refractivity contribution in [1.82, 2.24) is 10.2 Å². The van der Waals surface area contributed by atoms with Crippen LogP contribution in [-0.4, -0.2) is 43.6 Å². The van der Waals surface area contributed by atoms with Gasteiger partial charge in [0.25, 0.3) is 0 Å². The molecule has 148 valence electrons. The summed E-state index contributed by atoms with van der Waals surface area (Å²) in [4.78, 5) is 18.5. The maximum atomic E-state index is 11.9. The molecule has 1 aromatic carbocycles. The van der Waals surface area contributed by atoms with Gasteiger partial charge in [-0.25, -0.2) is 0 Å². The van der Waals surface area contributed by atoms with Gasteiger partial charge in [-0.05, 0) is 32.8 Å². The fraction of sp³-hybridized carbons (Fsp3) is 0.500. The minimum atomic E-state index is -0.0759. The molecular weight excluding hydrogens is 457 g/mol. The first-order chi connectivity index (χ1) is 12.6. The number of ether oxygens (including phenoxy) is 1. The minimum Gasteiger partial charge on any atom is -0.466 e. The molecule has 1 aliphatic heterocycles. The van der Waals surface area contributed by atoms with Gasteiger partial charge in [0.05, 0.1) is 19.1 Å². The fourth-order valence-corrected chi connectivity index (χ4v) is 3.47. The monoisotopic (exact) mass is 485 g/mol. The van der Waals surface area contributed by atoms with Crippen LogP contribution < -0.4 is 5.32 Å². The molecule has 2 heterocycles. The summed E-state index contributed by atoms with van der Waals surface area (Å²) in [5.41, 5.74) is 2.07. The van der Waals surface area contributed by atoms with Gasteiger partial charge in [-0.3, -0.25) is 9.79 Å². The van der Waals surface area contributed by atoms with Crippen molar-refractivity contribution in [2.45, 2.75) is 33.2 Å². The molecule has 1 aromatic heterocycles. The van der Waals surface area contributed by atoms with Crippen LogP contribution in [0.15, 0.2) is 33.7 Å². The lowest BCUT2D eigenvalue weighted by molar-refractivity contribution is -0.149. The Morgan fingerprint density at radius 2 is 2.04 bits per heavy atom. The van der Waals surface area contributed by atoms with Crippen molar-refractivity contribution in [3.8, 4) is 0 Å². The van der Waals surface area contributed by atoms with E-state index in [-0.39, 0.29) is 35.9 Å². The number of likely N-dealkylation sites (tertiary alicyclic amines) is 1. The smallest absolute Gasteiger partial charge is 0.309 e. The first-order valence-corrected chi connectivity index (χ1v) is 9.23. The number of aryl methyl sites for hydroxylation is 1. The normalized spacial score (nSPS) is 15.5. The lowest BCUT2D eigenvalue weighted by atomic mass is 9.97. The van der Waals surface area contributed by atoms with E-state index in [1.165, 1.54) is 0 Å². The number of furan rings is 1. The molecule has 1 fully saturated rings. The summed E-state index contributed by atoms with van der Waals surface area (Å²) in [6.07, 6.45) is 1.59. The molecule has 3 rings (SSSR count). The SMILES string of the molecule is CCOC(=O)C1CCN(C(=NC)NCc2oc3ccccc3c2C)CC1.I. The van der Waals surface area contributed by atoms with Crippen molar-refractivity contribution >= 4 is 46.9 Å². The number of hydrogen-bond acceptors (Lipinski definition) is 4. The molecule has 2 aromatic rings. The molecule has 0 spiro atoms. The minimum absolute atomic E-state index is 0. The van der Waals surface area contributed by atoms with Gasteiger partial charge in [0.15, 0.2) is 5.96 Å². The summed E-state index contributed by atoms with van der Waals surface area (Å²) in [5.74, 6) is 1.69. The van der Waals surface area contributed by atoms with E-state index in [2.05, 4.69) is 28.2 Å². The predicted molar refractivity (Wildman–Crippen MR) is 117 cm³/mol. The Bertz CT molecular complexity index is 795. The van der Waals surface area contributed by atoms with E-state index in [0.29, 0.717) is 13.2 Å². The van der Waals surface area contributed by atoms with E-state index in [1.54, 1.807) is 7.05 Å². The van der Waals surface area contributed by atoms with Crippen molar-refractivity contribution in [2.75, 3.05) is 26.7 Å². The zero-order valence-electron chi connectivity index (χ0n) is 16.2. The highest BCUT2D eigenvalue weighted by atomic mass is 127. The zero-order chi connectivity index (χ0) is 18.5. The lowest BCUT2D eigenvalue weighted by Crippen LogP contribution is -2.46. The Labute approximate surface area is 177 Å². The van der Waals surface area contributed by atoms with Crippen molar-refractivity contribution in [3.63, 3.8) is 0 Å². The van der Waals surface area contributed by atoms with Gasteiger partial charge in [-0.2, -0.15) is 0 Å². The molecule has 7 heteroatoms. The molecule has 0 atom stereocenters. The van der Waals surface area contributed by atoms with E-state index in [1.807, 2.05) is 25.1 Å². The van der Waals surface area contributed by atoms with E-state index in [0.717, 1.165) is 54.2 Å². The number of benzene rings is 1. The quantitative estimate of drug-likeness (QED) is 0.310. The fourth-order valence-electron chi connectivity index (χ4n) is 3.47. The van der Waals surface area contributed by atoms with Gasteiger partial charge >= 0.3 is 5.97 Å². The number of carbonyl (C=O) groups is 1. The van der Waals surface area contributed by atoms with Crippen molar-refractivity contribution < 1.29 is 13.9 Å². The third-order valence-corrected chi connectivity index (χ3v) is 4.98. The Balaban J connectivity index is 0.00000261. The summed E-state index contributed by atoms with van der Waals surface area (Å²) < 4.78 is 11.1. The second-order valence-corrected chi connectivity index (χ2v) is 6.56. The number of hydrogen-bond donors (Lipinski definition) is 1. The van der Waals surface area contributed by atoms with E-state index >= 15 is 0 Å². The molecule has 1 aliphatic rings. The van der Waals surface area contributed by atoms with Crippen molar-refractivity contribution in [2.24, 2.45) is 10.9 Å².